The largest absolute Gasteiger partial charge is 0.141 e. The van der Waals surface area contributed by atoms with E-state index in [1.807, 2.05) is 0 Å². The van der Waals surface area contributed by atoms with Crippen LogP contribution in [0.4, 0.5) is 0 Å². The molecule has 0 radical (unpaired) electrons. The Bertz CT molecular complexity index is 236. The van der Waals surface area contributed by atoms with Gasteiger partial charge in [-0.3, -0.25) is 0 Å². The molecule has 0 spiro atoms. The van der Waals surface area contributed by atoms with Crippen molar-refractivity contribution in [1.82, 2.24) is 0 Å². The third kappa shape index (κ3) is 2.26. The zero-order valence-corrected chi connectivity index (χ0v) is 8.05. The Morgan fingerprint density at radius 3 is 2.64 bits per heavy atom. The van der Waals surface area contributed by atoms with Crippen molar-refractivity contribution < 1.29 is 0 Å². The van der Waals surface area contributed by atoms with Crippen LogP contribution in [0, 0.1) is 0 Å². The van der Waals surface area contributed by atoms with Crippen LogP contribution in [-0.2, 0) is 0 Å². The molecule has 0 saturated carbocycles. The van der Waals surface area contributed by atoms with Gasteiger partial charge >= 0.3 is 0 Å². The van der Waals surface area contributed by atoms with E-state index in [0.717, 1.165) is 5.57 Å². The minimum absolute atomic E-state index is 0.454. The first-order chi connectivity index (χ1) is 5.05. The number of halogens is 3. The van der Waals surface area contributed by atoms with Crippen molar-refractivity contribution in [3.63, 3.8) is 0 Å². The topological polar surface area (TPSA) is 0 Å². The fraction of sp³-hybridized carbons (Fsp3) is 0.250. The second kappa shape index (κ2) is 3.22. The highest BCUT2D eigenvalue weighted by atomic mass is 35.5. The molecule has 0 saturated heterocycles. The van der Waals surface area contributed by atoms with Crippen molar-refractivity contribution in [1.29, 1.82) is 0 Å². The third-order valence-electron chi connectivity index (χ3n) is 1.43. The Kier molecular flexibility index (Phi) is 2.69. The summed E-state index contributed by atoms with van der Waals surface area (Å²) in [5, 5.41) is 0.660. The summed E-state index contributed by atoms with van der Waals surface area (Å²) in [7, 11) is 0. The van der Waals surface area contributed by atoms with Gasteiger partial charge in [-0.05, 0) is 11.6 Å². The van der Waals surface area contributed by atoms with Crippen LogP contribution in [0.5, 0.6) is 0 Å². The standard InChI is InChI=1S/C8H7Cl3/c1-2-6-3-4-8(10,11)5-7(6)9/h2-4H,1,5H2. The van der Waals surface area contributed by atoms with Crippen molar-refractivity contribution in [2.75, 3.05) is 0 Å². The Balaban J connectivity index is 2.91. The van der Waals surface area contributed by atoms with Gasteiger partial charge in [0.2, 0.25) is 0 Å². The van der Waals surface area contributed by atoms with E-state index in [1.165, 1.54) is 0 Å². The van der Waals surface area contributed by atoms with E-state index in [9.17, 15) is 0 Å². The molecule has 0 aromatic carbocycles. The molecule has 0 N–H and O–H groups in total. The monoisotopic (exact) mass is 208 g/mol. The normalized spacial score (nSPS) is 22.1. The molecule has 0 fully saturated rings. The van der Waals surface area contributed by atoms with Crippen LogP contribution in [0.2, 0.25) is 0 Å². The number of allylic oxidation sites excluding steroid dienone is 5. The summed E-state index contributed by atoms with van der Waals surface area (Å²) in [4.78, 5) is 0. The number of alkyl halides is 2. The minimum atomic E-state index is -0.844. The van der Waals surface area contributed by atoms with Crippen molar-refractivity contribution >= 4 is 34.8 Å². The number of rotatable bonds is 1. The summed E-state index contributed by atoms with van der Waals surface area (Å²) in [6, 6.07) is 0. The van der Waals surface area contributed by atoms with Crippen LogP contribution in [0.3, 0.4) is 0 Å². The molecule has 11 heavy (non-hydrogen) atoms. The molecule has 0 aromatic heterocycles. The predicted octanol–water partition coefficient (Wildman–Crippen LogP) is 3.80. The lowest BCUT2D eigenvalue weighted by atomic mass is 10.1. The van der Waals surface area contributed by atoms with Gasteiger partial charge in [-0.1, -0.05) is 53.5 Å². The van der Waals surface area contributed by atoms with Crippen LogP contribution in [0.1, 0.15) is 6.42 Å². The molecule has 0 aromatic rings. The summed E-state index contributed by atoms with van der Waals surface area (Å²) in [5.41, 5.74) is 0.892. The first-order valence-corrected chi connectivity index (χ1v) is 4.27. The van der Waals surface area contributed by atoms with Gasteiger partial charge < -0.3 is 0 Å². The lowest BCUT2D eigenvalue weighted by molar-refractivity contribution is 0.937. The molecule has 1 aliphatic carbocycles. The molecule has 0 bridgehead atoms. The van der Waals surface area contributed by atoms with Crippen molar-refractivity contribution in [2.24, 2.45) is 0 Å². The molecule has 0 nitrogen and oxygen atoms in total. The maximum absolute atomic E-state index is 5.86. The lowest BCUT2D eigenvalue weighted by Crippen LogP contribution is -2.12. The third-order valence-corrected chi connectivity index (χ3v) is 2.30. The maximum Gasteiger partial charge on any atom is 0.141 e. The highest BCUT2D eigenvalue weighted by molar-refractivity contribution is 6.50. The van der Waals surface area contributed by atoms with Gasteiger partial charge in [0.1, 0.15) is 4.33 Å². The van der Waals surface area contributed by atoms with E-state index in [-0.39, 0.29) is 0 Å². The average molecular weight is 210 g/mol. The van der Waals surface area contributed by atoms with Gasteiger partial charge in [0.15, 0.2) is 0 Å². The number of hydrogen-bond donors (Lipinski definition) is 0. The molecular weight excluding hydrogens is 202 g/mol. The molecule has 0 amide bonds. The predicted molar refractivity (Wildman–Crippen MR) is 51.3 cm³/mol. The molecule has 0 heterocycles. The molecule has 1 rings (SSSR count). The lowest BCUT2D eigenvalue weighted by Gasteiger charge is -2.19. The summed E-state index contributed by atoms with van der Waals surface area (Å²) >= 11 is 17.5. The second-order valence-corrected chi connectivity index (χ2v) is 4.33. The molecule has 0 atom stereocenters. The van der Waals surface area contributed by atoms with Crippen LogP contribution >= 0.6 is 34.8 Å². The SMILES string of the molecule is C=CC1=C(Cl)CC(Cl)(Cl)C=C1. The minimum Gasteiger partial charge on any atom is -0.0984 e. The van der Waals surface area contributed by atoms with Gasteiger partial charge in [0.05, 0.1) is 0 Å². The Hall–Kier alpha value is 0.0900. The van der Waals surface area contributed by atoms with Gasteiger partial charge in [0, 0.05) is 11.5 Å². The Labute approximate surface area is 81.1 Å². The quantitative estimate of drug-likeness (QED) is 0.576. The second-order valence-electron chi connectivity index (χ2n) is 2.34. The van der Waals surface area contributed by atoms with E-state index in [1.54, 1.807) is 18.2 Å². The molecule has 3 heteroatoms. The summed E-state index contributed by atoms with van der Waals surface area (Å²) in [6.45, 7) is 3.60. The van der Waals surface area contributed by atoms with Crippen molar-refractivity contribution in [3.05, 3.63) is 35.4 Å². The van der Waals surface area contributed by atoms with Crippen LogP contribution in [-0.4, -0.2) is 4.33 Å². The Morgan fingerprint density at radius 2 is 2.18 bits per heavy atom. The van der Waals surface area contributed by atoms with Crippen LogP contribution in [0.25, 0.3) is 0 Å². The first kappa shape index (κ1) is 9.18. The molecular formula is C8H7Cl3. The fourth-order valence-corrected chi connectivity index (χ4v) is 1.73. The molecule has 1 aliphatic rings. The van der Waals surface area contributed by atoms with E-state index in [2.05, 4.69) is 6.58 Å². The highest BCUT2D eigenvalue weighted by Gasteiger charge is 2.25. The smallest absolute Gasteiger partial charge is 0.0984 e. The van der Waals surface area contributed by atoms with Crippen LogP contribution < -0.4 is 0 Å². The highest BCUT2D eigenvalue weighted by Crippen LogP contribution is 2.37. The van der Waals surface area contributed by atoms with E-state index < -0.39 is 4.33 Å². The number of hydrogen-bond acceptors (Lipinski definition) is 0. The summed E-state index contributed by atoms with van der Waals surface area (Å²) in [5.74, 6) is 0. The molecule has 0 aliphatic heterocycles. The van der Waals surface area contributed by atoms with Crippen molar-refractivity contribution in [2.45, 2.75) is 10.8 Å². The van der Waals surface area contributed by atoms with Gasteiger partial charge in [-0.15, -0.1) is 0 Å². The van der Waals surface area contributed by atoms with Gasteiger partial charge in [-0.2, -0.15) is 0 Å². The van der Waals surface area contributed by atoms with Crippen molar-refractivity contribution in [3.8, 4) is 0 Å². The summed E-state index contributed by atoms with van der Waals surface area (Å²) < 4.78 is -0.844. The molecule has 0 unspecified atom stereocenters. The van der Waals surface area contributed by atoms with E-state index in [0.29, 0.717) is 11.5 Å². The molecule has 60 valence electrons. The van der Waals surface area contributed by atoms with Gasteiger partial charge in [-0.25, -0.2) is 0 Å². The van der Waals surface area contributed by atoms with E-state index in [4.69, 9.17) is 34.8 Å². The first-order valence-electron chi connectivity index (χ1n) is 3.13. The average Bonchev–Trinajstić information content (AvgIpc) is 1.86. The summed E-state index contributed by atoms with van der Waals surface area (Å²) in [6.07, 6.45) is 5.62. The fourth-order valence-electron chi connectivity index (χ4n) is 0.849. The zero-order chi connectivity index (χ0) is 8.48. The Morgan fingerprint density at radius 1 is 1.55 bits per heavy atom. The van der Waals surface area contributed by atoms with Gasteiger partial charge in [0.25, 0.3) is 0 Å². The van der Waals surface area contributed by atoms with Crippen LogP contribution in [0.15, 0.2) is 35.4 Å². The maximum atomic E-state index is 5.86. The zero-order valence-electron chi connectivity index (χ0n) is 5.78. The van der Waals surface area contributed by atoms with E-state index >= 15 is 0 Å².